The number of benzene rings is 1. The zero-order valence-corrected chi connectivity index (χ0v) is 16.6. The van der Waals surface area contributed by atoms with Crippen molar-refractivity contribution < 1.29 is 4.74 Å². The Morgan fingerprint density at radius 3 is 2.28 bits per heavy atom. The molecule has 0 fully saturated rings. The molecule has 0 bridgehead atoms. The molecule has 0 aliphatic carbocycles. The lowest BCUT2D eigenvalue weighted by atomic mass is 10.0. The van der Waals surface area contributed by atoms with Gasteiger partial charge < -0.3 is 9.64 Å². The van der Waals surface area contributed by atoms with Crippen LogP contribution in [0.25, 0.3) is 0 Å². The number of rotatable bonds is 3. The van der Waals surface area contributed by atoms with E-state index in [1.807, 2.05) is 38.7 Å². The van der Waals surface area contributed by atoms with Crippen molar-refractivity contribution in [2.75, 3.05) is 18.1 Å². The highest BCUT2D eigenvalue weighted by atomic mass is 16.5. The molecule has 4 nitrogen and oxygen atoms in total. The summed E-state index contributed by atoms with van der Waals surface area (Å²) in [5, 5.41) is 0. The largest absolute Gasteiger partial charge is 0.490 e. The first-order valence-electron chi connectivity index (χ1n) is 9.32. The molecule has 1 heterocycles. The molecule has 138 valence electrons. The summed E-state index contributed by atoms with van der Waals surface area (Å²) in [7, 11) is 0. The molecular weight excluding hydrogens is 314 g/mol. The van der Waals surface area contributed by atoms with Crippen LogP contribution in [0.4, 0.5) is 11.4 Å². The summed E-state index contributed by atoms with van der Waals surface area (Å²) < 4.78 is 5.67. The van der Waals surface area contributed by atoms with Gasteiger partial charge in [0.05, 0.1) is 12.2 Å². The summed E-state index contributed by atoms with van der Waals surface area (Å²) in [5.74, 6) is 1.34. The van der Waals surface area contributed by atoms with Crippen LogP contribution in [0.3, 0.4) is 0 Å². The van der Waals surface area contributed by atoms with Crippen LogP contribution in [0.1, 0.15) is 52.7 Å². The van der Waals surface area contributed by atoms with Crippen molar-refractivity contribution in [1.29, 1.82) is 0 Å². The number of anilines is 2. The molecule has 0 radical (unpaired) electrons. The average molecular weight is 345 g/mol. The molecule has 0 N–H and O–H groups in total. The van der Waals surface area contributed by atoms with Crippen molar-refractivity contribution in [3.8, 4) is 5.75 Å². The number of hydrogen-bond acceptors (Lipinski definition) is 4. The van der Waals surface area contributed by atoms with E-state index in [9.17, 15) is 9.59 Å². The minimum absolute atomic E-state index is 0.364. The third kappa shape index (κ3) is 4.30. The first-order chi connectivity index (χ1) is 12.0. The zero-order valence-electron chi connectivity index (χ0n) is 16.6. The Labute approximate surface area is 151 Å². The Morgan fingerprint density at radius 2 is 1.72 bits per heavy atom. The monoisotopic (exact) mass is 345 g/mol. The molecule has 1 aliphatic heterocycles. The van der Waals surface area contributed by atoms with Gasteiger partial charge >= 0.3 is 0 Å². The van der Waals surface area contributed by atoms with E-state index in [4.69, 9.17) is 4.74 Å². The van der Waals surface area contributed by atoms with Crippen LogP contribution in [-0.4, -0.2) is 13.2 Å². The molecule has 3 rings (SSSR count). The van der Waals surface area contributed by atoms with Crippen LogP contribution < -0.4 is 20.5 Å². The van der Waals surface area contributed by atoms with Crippen molar-refractivity contribution >= 4 is 11.4 Å². The molecule has 0 spiro atoms. The van der Waals surface area contributed by atoms with E-state index >= 15 is 0 Å². The maximum absolute atomic E-state index is 11.9. The van der Waals surface area contributed by atoms with Crippen LogP contribution in [0, 0.1) is 12.8 Å². The Kier molecular flexibility index (Phi) is 7.88. The van der Waals surface area contributed by atoms with Gasteiger partial charge in [-0.25, -0.2) is 0 Å². The first kappa shape index (κ1) is 20.9. The third-order valence-corrected chi connectivity index (χ3v) is 3.92. The maximum atomic E-state index is 11.9. The highest BCUT2D eigenvalue weighted by Gasteiger charge is 2.28. The standard InChI is InChI=1S/C17H19NO3.2C2H6/c1-10(2)8-12-4-5-14-13(9-12)18(6-7-21-14)15-11(3)16(19)17(15)20;2*1-2/h4-5,9-10H,6-8H2,1-3H3;2*1-2H3. The summed E-state index contributed by atoms with van der Waals surface area (Å²) in [4.78, 5) is 25.3. The van der Waals surface area contributed by atoms with E-state index in [0.29, 0.717) is 30.3 Å². The zero-order chi connectivity index (χ0) is 19.1. The lowest BCUT2D eigenvalue weighted by molar-refractivity contribution is 0.313. The molecule has 2 aromatic rings. The molecule has 0 unspecified atom stereocenters. The van der Waals surface area contributed by atoms with Gasteiger partial charge in [0, 0.05) is 5.56 Å². The topological polar surface area (TPSA) is 46.6 Å². The minimum Gasteiger partial charge on any atom is -0.490 e. The Balaban J connectivity index is 0.000000730. The molecule has 1 aliphatic rings. The fourth-order valence-corrected chi connectivity index (χ4v) is 2.91. The van der Waals surface area contributed by atoms with Crippen molar-refractivity contribution in [2.45, 2.75) is 54.9 Å². The summed E-state index contributed by atoms with van der Waals surface area (Å²) in [6, 6.07) is 6.10. The Hall–Kier alpha value is -2.10. The van der Waals surface area contributed by atoms with Gasteiger partial charge in [0.15, 0.2) is 0 Å². The average Bonchev–Trinajstić information content (AvgIpc) is 2.64. The second-order valence-corrected chi connectivity index (χ2v) is 6.03. The van der Waals surface area contributed by atoms with Gasteiger partial charge in [-0.1, -0.05) is 47.6 Å². The second-order valence-electron chi connectivity index (χ2n) is 6.03. The van der Waals surface area contributed by atoms with Crippen LogP contribution in [0.15, 0.2) is 27.8 Å². The molecule has 2 aromatic carbocycles. The van der Waals surface area contributed by atoms with Crippen molar-refractivity contribution in [3.63, 3.8) is 0 Å². The fourth-order valence-electron chi connectivity index (χ4n) is 2.91. The molecule has 0 amide bonds. The maximum Gasteiger partial charge on any atom is 0.250 e. The van der Waals surface area contributed by atoms with Gasteiger partial charge in [0.1, 0.15) is 18.0 Å². The molecule has 0 aromatic heterocycles. The summed E-state index contributed by atoms with van der Waals surface area (Å²) in [6.07, 6.45) is 0.978. The van der Waals surface area contributed by atoms with Gasteiger partial charge in [-0.2, -0.15) is 0 Å². The van der Waals surface area contributed by atoms with Gasteiger partial charge in [-0.15, -0.1) is 0 Å². The Bertz CT molecular complexity index is 755. The quantitative estimate of drug-likeness (QED) is 0.775. The van der Waals surface area contributed by atoms with E-state index < -0.39 is 0 Å². The molecule has 0 atom stereocenters. The van der Waals surface area contributed by atoms with E-state index in [1.165, 1.54) is 5.56 Å². The van der Waals surface area contributed by atoms with E-state index in [1.54, 1.807) is 6.92 Å². The van der Waals surface area contributed by atoms with Crippen molar-refractivity contribution in [3.05, 3.63) is 49.8 Å². The second kappa shape index (κ2) is 9.40. The SMILES string of the molecule is CC.CC.Cc1c(N2CCOc3ccc(CC(C)C)cc32)c(=O)c1=O. The lowest BCUT2D eigenvalue weighted by Gasteiger charge is -2.32. The van der Waals surface area contributed by atoms with Crippen LogP contribution in [0.5, 0.6) is 5.75 Å². The van der Waals surface area contributed by atoms with Gasteiger partial charge in [-0.3, -0.25) is 9.59 Å². The highest BCUT2D eigenvalue weighted by molar-refractivity contribution is 5.74. The normalized spacial score (nSPS) is 12.6. The van der Waals surface area contributed by atoms with E-state index in [0.717, 1.165) is 17.9 Å². The number of hydrogen-bond donors (Lipinski definition) is 0. The van der Waals surface area contributed by atoms with E-state index in [-0.39, 0.29) is 10.9 Å². The Morgan fingerprint density at radius 1 is 1.08 bits per heavy atom. The molecule has 0 saturated carbocycles. The lowest BCUT2D eigenvalue weighted by Crippen LogP contribution is -2.43. The highest BCUT2D eigenvalue weighted by Crippen LogP contribution is 2.37. The van der Waals surface area contributed by atoms with Crippen LogP contribution in [0.2, 0.25) is 0 Å². The first-order valence-corrected chi connectivity index (χ1v) is 9.32. The van der Waals surface area contributed by atoms with Crippen molar-refractivity contribution in [2.24, 2.45) is 5.92 Å². The summed E-state index contributed by atoms with van der Waals surface area (Å²) >= 11 is 0. The van der Waals surface area contributed by atoms with E-state index in [2.05, 4.69) is 26.0 Å². The summed E-state index contributed by atoms with van der Waals surface area (Å²) in [6.45, 7) is 15.2. The number of nitrogens with zero attached hydrogens (tertiary/aromatic N) is 1. The van der Waals surface area contributed by atoms with Gasteiger partial charge in [-0.05, 0) is 37.0 Å². The van der Waals surface area contributed by atoms with Gasteiger partial charge in [0.2, 0.25) is 10.9 Å². The predicted molar refractivity (Wildman–Crippen MR) is 106 cm³/mol. The summed E-state index contributed by atoms with van der Waals surface area (Å²) in [5.41, 5.74) is 2.46. The molecule has 4 heteroatoms. The molecule has 25 heavy (non-hydrogen) atoms. The fraction of sp³-hybridized carbons (Fsp3) is 0.524. The van der Waals surface area contributed by atoms with Crippen LogP contribution in [-0.2, 0) is 6.42 Å². The van der Waals surface area contributed by atoms with Crippen molar-refractivity contribution in [1.82, 2.24) is 0 Å². The molecule has 0 saturated heterocycles. The minimum atomic E-state index is -0.380. The van der Waals surface area contributed by atoms with Crippen LogP contribution >= 0.6 is 0 Å². The third-order valence-electron chi connectivity index (χ3n) is 3.92. The number of fused-ring (bicyclic) bond motifs is 1. The molecular formula is C21H31NO3. The number of ether oxygens (including phenoxy) is 1. The smallest absolute Gasteiger partial charge is 0.250 e. The predicted octanol–water partition coefficient (Wildman–Crippen LogP) is 4.37. The van der Waals surface area contributed by atoms with Gasteiger partial charge in [0.25, 0.3) is 0 Å².